The summed E-state index contributed by atoms with van der Waals surface area (Å²) >= 11 is 0. The lowest BCUT2D eigenvalue weighted by atomic mass is 10.0. The van der Waals surface area contributed by atoms with Gasteiger partial charge in [0.15, 0.2) is 0 Å². The Morgan fingerprint density at radius 3 is 1.95 bits per heavy atom. The first-order valence-electron chi connectivity index (χ1n) is 5.67. The first-order valence-corrected chi connectivity index (χ1v) is 5.67. The van der Waals surface area contributed by atoms with E-state index in [2.05, 4.69) is 0 Å². The number of hydrogen-bond donors (Lipinski definition) is 1. The lowest BCUT2D eigenvalue weighted by Gasteiger charge is -2.08. The highest BCUT2D eigenvalue weighted by Crippen LogP contribution is 2.33. The van der Waals surface area contributed by atoms with Crippen LogP contribution in [0.4, 0.5) is 13.2 Å². The fraction of sp³-hybridized carbons (Fsp3) is 0.0667. The van der Waals surface area contributed by atoms with Crippen LogP contribution < -0.4 is 0 Å². The molecule has 0 aliphatic rings. The van der Waals surface area contributed by atoms with E-state index in [0.29, 0.717) is 10.8 Å². The van der Waals surface area contributed by atoms with Crippen molar-refractivity contribution in [3.63, 3.8) is 0 Å². The largest absolute Gasteiger partial charge is 0.508 e. The molecule has 0 spiro atoms. The van der Waals surface area contributed by atoms with E-state index >= 15 is 0 Å². The molecular weight excluding hydrogens is 253 g/mol. The van der Waals surface area contributed by atoms with E-state index in [1.165, 1.54) is 12.1 Å². The maximum atomic E-state index is 12.7. The van der Waals surface area contributed by atoms with Gasteiger partial charge in [-0.25, -0.2) is 0 Å². The average Bonchev–Trinajstić information content (AvgIpc) is 2.34. The standard InChI is InChI=1S/C15H9F3O/c16-15(17,18)13-3-1-9-5-10-2-4-14(19)8-12(10)6-11(9)7-13/h1-8,19H. The molecule has 0 unspecified atom stereocenters. The number of phenols is 1. The van der Waals surface area contributed by atoms with Crippen molar-refractivity contribution in [2.75, 3.05) is 0 Å². The summed E-state index contributed by atoms with van der Waals surface area (Å²) in [6, 6.07) is 12.0. The molecule has 3 rings (SSSR count). The van der Waals surface area contributed by atoms with Gasteiger partial charge in [0.25, 0.3) is 0 Å². The summed E-state index contributed by atoms with van der Waals surface area (Å²) in [4.78, 5) is 0. The smallest absolute Gasteiger partial charge is 0.416 e. The maximum absolute atomic E-state index is 12.7. The number of halogens is 3. The van der Waals surface area contributed by atoms with E-state index in [-0.39, 0.29) is 5.75 Å². The summed E-state index contributed by atoms with van der Waals surface area (Å²) < 4.78 is 38.0. The summed E-state index contributed by atoms with van der Waals surface area (Å²) in [6.45, 7) is 0. The molecule has 3 aromatic rings. The molecule has 19 heavy (non-hydrogen) atoms. The highest BCUT2D eigenvalue weighted by molar-refractivity contribution is 5.98. The van der Waals surface area contributed by atoms with Gasteiger partial charge in [0.1, 0.15) is 5.75 Å². The van der Waals surface area contributed by atoms with Crippen molar-refractivity contribution in [2.24, 2.45) is 0 Å². The van der Waals surface area contributed by atoms with Gasteiger partial charge in [-0.15, -0.1) is 0 Å². The Balaban J connectivity index is 2.30. The second-order valence-corrected chi connectivity index (χ2v) is 4.44. The molecule has 0 aromatic heterocycles. The zero-order chi connectivity index (χ0) is 13.6. The normalized spacial score (nSPS) is 12.2. The molecular formula is C15H9F3O. The van der Waals surface area contributed by atoms with Gasteiger partial charge in [-0.05, 0) is 57.9 Å². The summed E-state index contributed by atoms with van der Waals surface area (Å²) in [7, 11) is 0. The van der Waals surface area contributed by atoms with E-state index in [1.807, 2.05) is 6.07 Å². The van der Waals surface area contributed by atoms with Crippen molar-refractivity contribution in [1.82, 2.24) is 0 Å². The molecule has 3 aromatic carbocycles. The van der Waals surface area contributed by atoms with E-state index in [9.17, 15) is 18.3 Å². The third-order valence-electron chi connectivity index (χ3n) is 3.11. The van der Waals surface area contributed by atoms with Gasteiger partial charge in [0.05, 0.1) is 5.56 Å². The third kappa shape index (κ3) is 2.10. The van der Waals surface area contributed by atoms with Gasteiger partial charge < -0.3 is 5.11 Å². The minimum absolute atomic E-state index is 0.0961. The number of alkyl halides is 3. The monoisotopic (exact) mass is 262 g/mol. The molecule has 0 atom stereocenters. The molecule has 0 aliphatic carbocycles. The van der Waals surface area contributed by atoms with Crippen LogP contribution in [0.1, 0.15) is 5.56 Å². The zero-order valence-electron chi connectivity index (χ0n) is 9.70. The molecule has 96 valence electrons. The second kappa shape index (κ2) is 3.88. The first kappa shape index (κ1) is 11.8. The number of phenolic OH excluding ortho intramolecular Hbond substituents is 1. The number of benzene rings is 3. The zero-order valence-corrected chi connectivity index (χ0v) is 9.70. The van der Waals surface area contributed by atoms with Gasteiger partial charge in [-0.1, -0.05) is 12.1 Å². The summed E-state index contributed by atoms with van der Waals surface area (Å²) in [5.74, 6) is 0.0961. The minimum Gasteiger partial charge on any atom is -0.508 e. The van der Waals surface area contributed by atoms with Crippen LogP contribution in [0.5, 0.6) is 5.75 Å². The predicted molar refractivity (Wildman–Crippen MR) is 68.1 cm³/mol. The van der Waals surface area contributed by atoms with Gasteiger partial charge in [0.2, 0.25) is 0 Å². The molecule has 0 amide bonds. The van der Waals surface area contributed by atoms with Gasteiger partial charge >= 0.3 is 6.18 Å². The van der Waals surface area contributed by atoms with Crippen molar-refractivity contribution in [3.05, 3.63) is 54.1 Å². The molecule has 4 heteroatoms. The summed E-state index contributed by atoms with van der Waals surface area (Å²) in [5.41, 5.74) is -0.667. The van der Waals surface area contributed by atoms with Gasteiger partial charge in [0, 0.05) is 0 Å². The molecule has 0 radical (unpaired) electrons. The molecule has 0 heterocycles. The fourth-order valence-electron chi connectivity index (χ4n) is 2.16. The SMILES string of the molecule is Oc1ccc2cc3ccc(C(F)(F)F)cc3cc2c1. The lowest BCUT2D eigenvalue weighted by molar-refractivity contribution is -0.137. The Bertz CT molecular complexity index is 775. The quantitative estimate of drug-likeness (QED) is 0.581. The Hall–Kier alpha value is -2.23. The molecule has 0 saturated carbocycles. The van der Waals surface area contributed by atoms with Crippen LogP contribution in [0.25, 0.3) is 21.5 Å². The fourth-order valence-corrected chi connectivity index (χ4v) is 2.16. The average molecular weight is 262 g/mol. The van der Waals surface area contributed by atoms with Crippen molar-refractivity contribution >= 4 is 21.5 Å². The first-order chi connectivity index (χ1) is 8.93. The topological polar surface area (TPSA) is 20.2 Å². The van der Waals surface area contributed by atoms with Gasteiger partial charge in [-0.2, -0.15) is 13.2 Å². The highest BCUT2D eigenvalue weighted by atomic mass is 19.4. The van der Waals surface area contributed by atoms with E-state index in [0.717, 1.165) is 22.9 Å². The molecule has 0 bridgehead atoms. The van der Waals surface area contributed by atoms with Crippen molar-refractivity contribution in [1.29, 1.82) is 0 Å². The molecule has 0 saturated heterocycles. The Labute approximate surface area is 106 Å². The van der Waals surface area contributed by atoms with Crippen molar-refractivity contribution in [3.8, 4) is 5.75 Å². The maximum Gasteiger partial charge on any atom is 0.416 e. The van der Waals surface area contributed by atoms with Crippen LogP contribution in [-0.2, 0) is 6.18 Å². The molecule has 0 aliphatic heterocycles. The van der Waals surface area contributed by atoms with Crippen LogP contribution in [0, 0.1) is 0 Å². The molecule has 1 N–H and O–H groups in total. The number of aromatic hydroxyl groups is 1. The Morgan fingerprint density at radius 1 is 0.684 bits per heavy atom. The van der Waals surface area contributed by atoms with Crippen LogP contribution in [0.15, 0.2) is 48.5 Å². The molecule has 1 nitrogen and oxygen atoms in total. The number of hydrogen-bond acceptors (Lipinski definition) is 1. The Kier molecular flexibility index (Phi) is 2.42. The minimum atomic E-state index is -4.35. The van der Waals surface area contributed by atoms with Crippen LogP contribution in [0.3, 0.4) is 0 Å². The summed E-state index contributed by atoms with van der Waals surface area (Å²) in [5, 5.41) is 12.2. The van der Waals surface area contributed by atoms with Crippen molar-refractivity contribution in [2.45, 2.75) is 6.18 Å². The van der Waals surface area contributed by atoms with Crippen LogP contribution in [-0.4, -0.2) is 5.11 Å². The number of rotatable bonds is 0. The van der Waals surface area contributed by atoms with Crippen molar-refractivity contribution < 1.29 is 18.3 Å². The lowest BCUT2D eigenvalue weighted by Crippen LogP contribution is -2.04. The number of fused-ring (bicyclic) bond motifs is 2. The van der Waals surface area contributed by atoms with Gasteiger partial charge in [-0.3, -0.25) is 0 Å². The van der Waals surface area contributed by atoms with E-state index in [4.69, 9.17) is 0 Å². The summed E-state index contributed by atoms with van der Waals surface area (Å²) in [6.07, 6.45) is -4.35. The predicted octanol–water partition coefficient (Wildman–Crippen LogP) is 4.72. The Morgan fingerprint density at radius 2 is 1.26 bits per heavy atom. The van der Waals surface area contributed by atoms with Crippen LogP contribution in [0.2, 0.25) is 0 Å². The second-order valence-electron chi connectivity index (χ2n) is 4.44. The van der Waals surface area contributed by atoms with E-state index < -0.39 is 11.7 Å². The third-order valence-corrected chi connectivity index (χ3v) is 3.11. The molecule has 0 fully saturated rings. The van der Waals surface area contributed by atoms with E-state index in [1.54, 1.807) is 18.2 Å². The highest BCUT2D eigenvalue weighted by Gasteiger charge is 2.30. The van der Waals surface area contributed by atoms with Crippen LogP contribution >= 0.6 is 0 Å².